The number of hydrogen-bond acceptors (Lipinski definition) is 6. The number of nitrogens with one attached hydrogen (secondary N) is 2. The first kappa shape index (κ1) is 20.9. The molecule has 1 aromatic carbocycles. The lowest BCUT2D eigenvalue weighted by atomic mass is 9.80. The van der Waals surface area contributed by atoms with Crippen molar-refractivity contribution in [2.45, 2.75) is 69.6 Å². The van der Waals surface area contributed by atoms with Crippen LogP contribution in [0.3, 0.4) is 0 Å². The SMILES string of the molecule is COC(=O)C[C@@H]1CSC(c2cc3cc(C)cc(NC4CCC5(CCCO5)CC4)c3[nH]2)=N1. The van der Waals surface area contributed by atoms with E-state index in [1.54, 1.807) is 11.8 Å². The molecule has 2 aromatic rings. The molecule has 2 fully saturated rings. The van der Waals surface area contributed by atoms with Crippen LogP contribution in [-0.4, -0.2) is 53.2 Å². The standard InChI is InChI=1S/C24H31N3O3S/c1-15-10-16-12-20(23-26-18(14-31-23)13-21(28)29-2)27-22(16)19(11-15)25-17-4-7-24(8-5-17)6-3-9-30-24/h10-12,17-18,25,27H,3-9,13-14H2,1-2H3/t17?,18-,24?/m1/s1. The van der Waals surface area contributed by atoms with Crippen molar-refractivity contribution in [3.63, 3.8) is 0 Å². The number of anilines is 1. The van der Waals surface area contributed by atoms with E-state index in [2.05, 4.69) is 35.4 Å². The van der Waals surface area contributed by atoms with Crippen molar-refractivity contribution in [3.8, 4) is 0 Å². The zero-order valence-corrected chi connectivity index (χ0v) is 19.1. The molecule has 2 N–H and O–H groups in total. The van der Waals surface area contributed by atoms with Crippen LogP contribution < -0.4 is 5.32 Å². The van der Waals surface area contributed by atoms with Crippen molar-refractivity contribution >= 4 is 39.4 Å². The summed E-state index contributed by atoms with van der Waals surface area (Å²) in [5, 5.41) is 6.00. The van der Waals surface area contributed by atoms with Gasteiger partial charge in [-0.3, -0.25) is 9.79 Å². The van der Waals surface area contributed by atoms with Crippen molar-refractivity contribution < 1.29 is 14.3 Å². The lowest BCUT2D eigenvalue weighted by Gasteiger charge is -2.37. The maximum absolute atomic E-state index is 11.6. The Labute approximate surface area is 187 Å². The van der Waals surface area contributed by atoms with Gasteiger partial charge in [0.15, 0.2) is 0 Å². The fourth-order valence-corrected chi connectivity index (χ4v) is 6.26. The van der Waals surface area contributed by atoms with Crippen LogP contribution in [0.4, 0.5) is 5.69 Å². The monoisotopic (exact) mass is 441 g/mol. The van der Waals surface area contributed by atoms with Crippen LogP contribution in [0, 0.1) is 6.92 Å². The summed E-state index contributed by atoms with van der Waals surface area (Å²) in [5.74, 6) is 0.613. The second-order valence-electron chi connectivity index (χ2n) is 9.19. The van der Waals surface area contributed by atoms with E-state index in [0.29, 0.717) is 12.5 Å². The first-order valence-corrected chi connectivity index (χ1v) is 12.3. The summed E-state index contributed by atoms with van der Waals surface area (Å²) in [6.45, 7) is 3.08. The number of methoxy groups -OCH3 is 1. The number of H-pyrrole nitrogens is 1. The van der Waals surface area contributed by atoms with E-state index in [4.69, 9.17) is 14.5 Å². The van der Waals surface area contributed by atoms with Crippen LogP contribution >= 0.6 is 11.8 Å². The average Bonchev–Trinajstić information content (AvgIpc) is 3.50. The molecule has 0 radical (unpaired) electrons. The number of carbonyl (C=O) groups is 1. The number of carbonyl (C=O) groups excluding carboxylic acids is 1. The van der Waals surface area contributed by atoms with Gasteiger partial charge in [0.05, 0.1) is 42.1 Å². The van der Waals surface area contributed by atoms with E-state index in [0.717, 1.165) is 54.3 Å². The first-order chi connectivity index (χ1) is 15.0. The van der Waals surface area contributed by atoms with Crippen molar-refractivity contribution in [2.24, 2.45) is 4.99 Å². The normalized spacial score (nSPS) is 28.3. The highest BCUT2D eigenvalue weighted by atomic mass is 32.2. The van der Waals surface area contributed by atoms with Crippen LogP contribution in [0.1, 0.15) is 56.2 Å². The number of esters is 1. The van der Waals surface area contributed by atoms with Gasteiger partial charge in [-0.15, -0.1) is 11.8 Å². The molecule has 5 rings (SSSR count). The molecule has 6 nitrogen and oxygen atoms in total. The Morgan fingerprint density at radius 3 is 2.90 bits per heavy atom. The fraction of sp³-hybridized carbons (Fsp3) is 0.583. The molecule has 0 bridgehead atoms. The van der Waals surface area contributed by atoms with E-state index >= 15 is 0 Å². The summed E-state index contributed by atoms with van der Waals surface area (Å²) < 4.78 is 10.9. The van der Waals surface area contributed by atoms with Crippen LogP contribution in [0.25, 0.3) is 10.9 Å². The number of thioether (sulfide) groups is 1. The molecule has 1 aromatic heterocycles. The number of rotatable bonds is 5. The van der Waals surface area contributed by atoms with E-state index in [1.807, 2.05) is 0 Å². The molecular formula is C24H31N3O3S. The summed E-state index contributed by atoms with van der Waals surface area (Å²) >= 11 is 1.70. The van der Waals surface area contributed by atoms with E-state index in [-0.39, 0.29) is 17.6 Å². The van der Waals surface area contributed by atoms with Gasteiger partial charge in [0.1, 0.15) is 5.04 Å². The molecule has 0 amide bonds. The van der Waals surface area contributed by atoms with Crippen LogP contribution in [0.15, 0.2) is 23.2 Å². The molecular weight excluding hydrogens is 410 g/mol. The number of nitrogens with zero attached hydrogens (tertiary/aromatic N) is 1. The third kappa shape index (κ3) is 4.35. The van der Waals surface area contributed by atoms with Crippen molar-refractivity contribution in [2.75, 3.05) is 24.8 Å². The minimum atomic E-state index is -0.202. The number of hydrogen-bond donors (Lipinski definition) is 2. The minimum Gasteiger partial charge on any atom is -0.469 e. The highest BCUT2D eigenvalue weighted by Gasteiger charge is 2.38. The summed E-state index contributed by atoms with van der Waals surface area (Å²) in [6, 6.07) is 7.11. The van der Waals surface area contributed by atoms with Gasteiger partial charge < -0.3 is 19.8 Å². The topological polar surface area (TPSA) is 75.7 Å². The zero-order valence-electron chi connectivity index (χ0n) is 18.3. The summed E-state index contributed by atoms with van der Waals surface area (Å²) in [5.41, 5.74) is 4.75. The Morgan fingerprint density at radius 1 is 1.32 bits per heavy atom. The zero-order chi connectivity index (χ0) is 21.4. The Morgan fingerprint density at radius 2 is 2.16 bits per heavy atom. The second-order valence-corrected chi connectivity index (χ2v) is 10.2. The molecule has 1 saturated heterocycles. The van der Waals surface area contributed by atoms with E-state index in [9.17, 15) is 4.79 Å². The van der Waals surface area contributed by atoms with E-state index < -0.39 is 0 Å². The fourth-order valence-electron chi connectivity index (χ4n) is 5.22. The molecule has 1 atom stereocenters. The molecule has 3 heterocycles. The first-order valence-electron chi connectivity index (χ1n) is 11.4. The number of aromatic nitrogens is 1. The predicted molar refractivity (Wildman–Crippen MR) is 126 cm³/mol. The van der Waals surface area contributed by atoms with Crippen LogP contribution in [-0.2, 0) is 14.3 Å². The molecule has 1 saturated carbocycles. The lowest BCUT2D eigenvalue weighted by Crippen LogP contribution is -2.37. The number of aryl methyl sites for hydroxylation is 1. The molecule has 1 spiro atoms. The maximum Gasteiger partial charge on any atom is 0.307 e. The lowest BCUT2D eigenvalue weighted by molar-refractivity contribution is -0.140. The smallest absolute Gasteiger partial charge is 0.307 e. The van der Waals surface area contributed by atoms with Gasteiger partial charge in [0, 0.05) is 23.8 Å². The minimum absolute atomic E-state index is 0.00874. The predicted octanol–water partition coefficient (Wildman–Crippen LogP) is 4.81. The molecule has 1 aliphatic carbocycles. The Bertz CT molecular complexity index is 999. The molecule has 7 heteroatoms. The van der Waals surface area contributed by atoms with Gasteiger partial charge in [-0.1, -0.05) is 0 Å². The number of ether oxygens (including phenoxy) is 2. The van der Waals surface area contributed by atoms with Crippen molar-refractivity contribution in [1.82, 2.24) is 4.98 Å². The number of aliphatic imine (C=N–C) groups is 1. The van der Waals surface area contributed by atoms with Crippen molar-refractivity contribution in [3.05, 3.63) is 29.5 Å². The summed E-state index contributed by atoms with van der Waals surface area (Å²) in [6.07, 6.45) is 7.40. The molecule has 166 valence electrons. The Balaban J connectivity index is 1.33. The number of fused-ring (bicyclic) bond motifs is 1. The van der Waals surface area contributed by atoms with Gasteiger partial charge in [-0.2, -0.15) is 0 Å². The average molecular weight is 442 g/mol. The van der Waals surface area contributed by atoms with Gasteiger partial charge in [-0.25, -0.2) is 0 Å². The highest BCUT2D eigenvalue weighted by Crippen LogP contribution is 2.40. The molecule has 3 aliphatic rings. The van der Waals surface area contributed by atoms with Gasteiger partial charge in [-0.05, 0) is 69.2 Å². The van der Waals surface area contributed by atoms with Crippen LogP contribution in [0.5, 0.6) is 0 Å². The van der Waals surface area contributed by atoms with Gasteiger partial charge in [0.2, 0.25) is 0 Å². The highest BCUT2D eigenvalue weighted by molar-refractivity contribution is 8.14. The quantitative estimate of drug-likeness (QED) is 0.652. The van der Waals surface area contributed by atoms with E-state index in [1.165, 1.54) is 36.6 Å². The van der Waals surface area contributed by atoms with Gasteiger partial charge in [0.25, 0.3) is 0 Å². The van der Waals surface area contributed by atoms with Crippen molar-refractivity contribution in [1.29, 1.82) is 0 Å². The second kappa shape index (κ2) is 8.51. The number of aromatic amines is 1. The maximum atomic E-state index is 11.6. The Hall–Kier alpha value is -1.99. The summed E-state index contributed by atoms with van der Waals surface area (Å²) in [7, 11) is 1.43. The Kier molecular flexibility index (Phi) is 5.73. The molecule has 31 heavy (non-hydrogen) atoms. The molecule has 0 unspecified atom stereocenters. The largest absolute Gasteiger partial charge is 0.469 e. The third-order valence-corrected chi connectivity index (χ3v) is 8.04. The third-order valence-electron chi connectivity index (χ3n) is 6.89. The molecule has 2 aliphatic heterocycles. The van der Waals surface area contributed by atoms with Gasteiger partial charge >= 0.3 is 5.97 Å². The van der Waals surface area contributed by atoms with Crippen LogP contribution in [0.2, 0.25) is 0 Å². The summed E-state index contributed by atoms with van der Waals surface area (Å²) in [4.78, 5) is 19.9. The number of benzene rings is 1.